The van der Waals surface area contributed by atoms with Crippen LogP contribution in [0.15, 0.2) is 54.6 Å². The number of hydrogen-bond donors (Lipinski definition) is 2. The van der Waals surface area contributed by atoms with Crippen molar-refractivity contribution in [1.29, 1.82) is 0 Å². The maximum atomic E-state index is 14.1. The molecule has 0 aliphatic rings. The Bertz CT molecular complexity index is 1190. The predicted octanol–water partition coefficient (Wildman–Crippen LogP) is 3.56. The molecule has 0 aliphatic carbocycles. The second-order valence-electron chi connectivity index (χ2n) is 6.55. The van der Waals surface area contributed by atoms with Crippen LogP contribution < -0.4 is 20.9 Å². The van der Waals surface area contributed by atoms with Crippen LogP contribution in [0.5, 0.6) is 11.5 Å². The first-order chi connectivity index (χ1) is 14.6. The van der Waals surface area contributed by atoms with Gasteiger partial charge in [0.2, 0.25) is 0 Å². The van der Waals surface area contributed by atoms with Crippen LogP contribution in [0.2, 0.25) is 0 Å². The highest BCUT2D eigenvalue weighted by Gasteiger charge is 2.10. The van der Waals surface area contributed by atoms with Crippen LogP contribution in [0, 0.1) is 5.82 Å². The largest absolute Gasteiger partial charge is 0.490 e. The summed E-state index contributed by atoms with van der Waals surface area (Å²) in [5, 5.41) is 1.45. The second kappa shape index (κ2) is 8.79. The minimum Gasteiger partial charge on any atom is -0.490 e. The van der Waals surface area contributed by atoms with Crippen LogP contribution in [0.1, 0.15) is 0 Å². The number of benzene rings is 2. The van der Waals surface area contributed by atoms with Gasteiger partial charge >= 0.3 is 0 Å². The molecule has 0 amide bonds. The molecule has 0 bridgehead atoms. The molecule has 0 saturated heterocycles. The molecule has 0 unspecified atom stereocenters. The van der Waals surface area contributed by atoms with Crippen LogP contribution in [-0.4, -0.2) is 36.4 Å². The van der Waals surface area contributed by atoms with Gasteiger partial charge in [-0.15, -0.1) is 0 Å². The van der Waals surface area contributed by atoms with Gasteiger partial charge in [-0.1, -0.05) is 6.07 Å². The van der Waals surface area contributed by atoms with Gasteiger partial charge in [-0.3, -0.25) is 0 Å². The monoisotopic (exact) mass is 408 g/mol. The Hall–Kier alpha value is -3.65. The molecule has 2 aromatic heterocycles. The van der Waals surface area contributed by atoms with Crippen LogP contribution in [0.25, 0.3) is 21.8 Å². The van der Waals surface area contributed by atoms with Crippen LogP contribution in [0.4, 0.5) is 16.0 Å². The highest BCUT2D eigenvalue weighted by atomic mass is 19.1. The number of nitrogens with zero attached hydrogens (tertiary/aromatic N) is 2. The fraction of sp³-hybridized carbons (Fsp3) is 0.182. The number of nitrogen functional groups attached to an aromatic ring is 2. The summed E-state index contributed by atoms with van der Waals surface area (Å²) in [5.41, 5.74) is 12.7. The molecule has 4 aromatic rings. The van der Waals surface area contributed by atoms with Gasteiger partial charge in [0, 0.05) is 10.8 Å². The van der Waals surface area contributed by atoms with Crippen LogP contribution >= 0.6 is 0 Å². The average Bonchev–Trinajstić information content (AvgIpc) is 2.74. The van der Waals surface area contributed by atoms with Crippen molar-refractivity contribution in [2.24, 2.45) is 0 Å². The van der Waals surface area contributed by atoms with Gasteiger partial charge < -0.3 is 25.7 Å². The molecule has 0 atom stereocenters. The minimum atomic E-state index is -0.456. The lowest BCUT2D eigenvalue weighted by Crippen LogP contribution is -2.12. The fourth-order valence-corrected chi connectivity index (χ4v) is 3.10. The standard InChI is InChI=1S/C22H21FN4O3/c23-16-6-7-18-15(5-9-21(25)27-18)22(16)30-13-11-28-10-12-29-19-3-1-2-17-14(19)4-8-20(24)26-17/h1-9H,10-13H2,(H2,24,26)(H2,25,27). The summed E-state index contributed by atoms with van der Waals surface area (Å²) in [5.74, 6) is 1.23. The third-order valence-corrected chi connectivity index (χ3v) is 4.47. The van der Waals surface area contributed by atoms with Crippen LogP contribution in [-0.2, 0) is 4.74 Å². The SMILES string of the molecule is Nc1ccc2c(OCCOCCOc3c(F)ccc4nc(N)ccc34)cccc2n1. The number of pyridine rings is 2. The quantitative estimate of drug-likeness (QED) is 0.429. The van der Waals surface area contributed by atoms with Crippen molar-refractivity contribution < 1.29 is 18.6 Å². The van der Waals surface area contributed by atoms with Gasteiger partial charge in [-0.05, 0) is 48.5 Å². The zero-order valence-corrected chi connectivity index (χ0v) is 16.2. The highest BCUT2D eigenvalue weighted by Crippen LogP contribution is 2.28. The Morgan fingerprint density at radius 3 is 2.13 bits per heavy atom. The van der Waals surface area contributed by atoms with E-state index in [1.807, 2.05) is 24.3 Å². The van der Waals surface area contributed by atoms with E-state index in [0.29, 0.717) is 41.5 Å². The molecular formula is C22H21FN4O3. The summed E-state index contributed by atoms with van der Waals surface area (Å²) in [6.45, 7) is 1.20. The van der Waals surface area contributed by atoms with Crippen molar-refractivity contribution in [1.82, 2.24) is 9.97 Å². The number of fused-ring (bicyclic) bond motifs is 2. The van der Waals surface area contributed by atoms with Gasteiger partial charge in [-0.25, -0.2) is 14.4 Å². The third-order valence-electron chi connectivity index (χ3n) is 4.47. The number of halogens is 1. The van der Waals surface area contributed by atoms with E-state index >= 15 is 0 Å². The molecule has 2 heterocycles. The summed E-state index contributed by atoms with van der Waals surface area (Å²) in [7, 11) is 0. The maximum Gasteiger partial charge on any atom is 0.165 e. The number of rotatable bonds is 8. The van der Waals surface area contributed by atoms with Crippen molar-refractivity contribution in [2.75, 3.05) is 37.9 Å². The summed E-state index contributed by atoms with van der Waals surface area (Å²) in [4.78, 5) is 8.45. The number of nitrogens with two attached hydrogens (primary N) is 2. The first kappa shape index (κ1) is 19.7. The third kappa shape index (κ3) is 4.33. The van der Waals surface area contributed by atoms with Crippen molar-refractivity contribution in [3.05, 3.63) is 60.4 Å². The van der Waals surface area contributed by atoms with Crippen molar-refractivity contribution in [3.63, 3.8) is 0 Å². The molecule has 4 N–H and O–H groups in total. The predicted molar refractivity (Wildman–Crippen MR) is 114 cm³/mol. The molecule has 2 aromatic carbocycles. The molecule has 30 heavy (non-hydrogen) atoms. The summed E-state index contributed by atoms with van der Waals surface area (Å²) in [6, 6.07) is 15.4. The van der Waals surface area contributed by atoms with Gasteiger partial charge in [0.1, 0.15) is 30.6 Å². The molecule has 154 valence electrons. The molecular weight excluding hydrogens is 387 g/mol. The van der Waals surface area contributed by atoms with E-state index in [2.05, 4.69) is 9.97 Å². The van der Waals surface area contributed by atoms with Crippen molar-refractivity contribution in [2.45, 2.75) is 0 Å². The van der Waals surface area contributed by atoms with Crippen molar-refractivity contribution in [3.8, 4) is 11.5 Å². The zero-order valence-electron chi connectivity index (χ0n) is 16.2. The van der Waals surface area contributed by atoms with E-state index in [9.17, 15) is 4.39 Å². The molecule has 0 aliphatic heterocycles. The molecule has 0 fully saturated rings. The molecule has 0 radical (unpaired) electrons. The number of aromatic nitrogens is 2. The van der Waals surface area contributed by atoms with Gasteiger partial charge in [0.15, 0.2) is 11.6 Å². The Kier molecular flexibility index (Phi) is 5.76. The first-order valence-corrected chi connectivity index (χ1v) is 9.45. The highest BCUT2D eigenvalue weighted by molar-refractivity contribution is 5.87. The van der Waals surface area contributed by atoms with Gasteiger partial charge in [-0.2, -0.15) is 0 Å². The van der Waals surface area contributed by atoms with E-state index < -0.39 is 5.82 Å². The summed E-state index contributed by atoms with van der Waals surface area (Å²) < 4.78 is 31.0. The Morgan fingerprint density at radius 1 is 0.700 bits per heavy atom. The fourth-order valence-electron chi connectivity index (χ4n) is 3.10. The average molecular weight is 408 g/mol. The summed E-state index contributed by atoms with van der Waals surface area (Å²) >= 11 is 0. The lowest BCUT2D eigenvalue weighted by Gasteiger charge is -2.12. The van der Waals surface area contributed by atoms with Crippen LogP contribution in [0.3, 0.4) is 0 Å². The summed E-state index contributed by atoms with van der Waals surface area (Å²) in [6.07, 6.45) is 0. The zero-order chi connectivity index (χ0) is 20.9. The van der Waals surface area contributed by atoms with Gasteiger partial charge in [0.05, 0.1) is 24.2 Å². The van der Waals surface area contributed by atoms with E-state index in [4.69, 9.17) is 25.7 Å². The topological polar surface area (TPSA) is 106 Å². The molecule has 0 spiro atoms. The second-order valence-corrected chi connectivity index (χ2v) is 6.55. The first-order valence-electron chi connectivity index (χ1n) is 9.45. The van der Waals surface area contributed by atoms with E-state index in [0.717, 1.165) is 10.9 Å². The smallest absolute Gasteiger partial charge is 0.165 e. The number of hydrogen-bond acceptors (Lipinski definition) is 7. The van der Waals surface area contributed by atoms with E-state index in [1.165, 1.54) is 6.07 Å². The lowest BCUT2D eigenvalue weighted by atomic mass is 10.2. The normalized spacial score (nSPS) is 11.1. The lowest BCUT2D eigenvalue weighted by molar-refractivity contribution is 0.0762. The Morgan fingerprint density at radius 2 is 1.37 bits per heavy atom. The maximum absolute atomic E-state index is 14.1. The molecule has 4 rings (SSSR count). The number of anilines is 2. The van der Waals surface area contributed by atoms with E-state index in [1.54, 1.807) is 24.3 Å². The number of ether oxygens (including phenoxy) is 3. The minimum absolute atomic E-state index is 0.141. The van der Waals surface area contributed by atoms with Crippen molar-refractivity contribution >= 4 is 33.4 Å². The Labute approximate surface area is 172 Å². The van der Waals surface area contributed by atoms with Gasteiger partial charge in [0.25, 0.3) is 0 Å². The molecule has 0 saturated carbocycles. The molecule has 8 heteroatoms. The Balaban J connectivity index is 1.26. The molecule has 7 nitrogen and oxygen atoms in total. The van der Waals surface area contributed by atoms with E-state index in [-0.39, 0.29) is 19.0 Å².